The van der Waals surface area contributed by atoms with Crippen molar-refractivity contribution in [3.05, 3.63) is 11.8 Å². The molecule has 20 heavy (non-hydrogen) atoms. The van der Waals surface area contributed by atoms with Crippen molar-refractivity contribution in [1.82, 2.24) is 14.9 Å². The maximum atomic E-state index is 5.92. The summed E-state index contributed by atoms with van der Waals surface area (Å²) < 4.78 is 5.92. The van der Waals surface area contributed by atoms with Crippen LogP contribution in [0.25, 0.3) is 0 Å². The number of hydrazine groups is 1. The van der Waals surface area contributed by atoms with Gasteiger partial charge < -0.3 is 10.1 Å². The Morgan fingerprint density at radius 1 is 1.55 bits per heavy atom. The van der Waals surface area contributed by atoms with Gasteiger partial charge in [-0.05, 0) is 26.3 Å². The Morgan fingerprint density at radius 3 is 3.30 bits per heavy atom. The van der Waals surface area contributed by atoms with Gasteiger partial charge in [0.15, 0.2) is 0 Å². The minimum atomic E-state index is 0.216. The number of fused-ring (bicyclic) bond motifs is 1. The SMILES string of the molecule is Cc1cnc(NN)nc1NCC1CN2CCCC2CO1. The minimum absolute atomic E-state index is 0.216. The van der Waals surface area contributed by atoms with Crippen LogP contribution in [-0.4, -0.2) is 53.3 Å². The van der Waals surface area contributed by atoms with Crippen LogP contribution in [0.2, 0.25) is 0 Å². The van der Waals surface area contributed by atoms with Gasteiger partial charge in [0.2, 0.25) is 5.95 Å². The van der Waals surface area contributed by atoms with E-state index in [0.29, 0.717) is 12.0 Å². The van der Waals surface area contributed by atoms with E-state index in [1.54, 1.807) is 6.20 Å². The van der Waals surface area contributed by atoms with Crippen molar-refractivity contribution in [3.8, 4) is 0 Å². The number of rotatable bonds is 4. The second-order valence-electron chi connectivity index (χ2n) is 5.50. The number of nitrogens with one attached hydrogen (secondary N) is 2. The lowest BCUT2D eigenvalue weighted by atomic mass is 10.2. The highest BCUT2D eigenvalue weighted by Gasteiger charge is 2.32. The maximum absolute atomic E-state index is 5.92. The number of morpholine rings is 1. The van der Waals surface area contributed by atoms with Crippen LogP contribution in [0.3, 0.4) is 0 Å². The molecule has 2 aliphatic rings. The van der Waals surface area contributed by atoms with Crippen molar-refractivity contribution in [2.24, 2.45) is 5.84 Å². The topological polar surface area (TPSA) is 88.3 Å². The lowest BCUT2D eigenvalue weighted by Crippen LogP contribution is -2.48. The molecule has 0 aliphatic carbocycles. The molecule has 0 aromatic carbocycles. The van der Waals surface area contributed by atoms with Crippen molar-refractivity contribution in [1.29, 1.82) is 0 Å². The number of hydrogen-bond donors (Lipinski definition) is 3. The molecular formula is C13H22N6O. The van der Waals surface area contributed by atoms with E-state index in [0.717, 1.165) is 31.1 Å². The van der Waals surface area contributed by atoms with E-state index in [-0.39, 0.29) is 6.10 Å². The number of nitrogens with two attached hydrogens (primary N) is 1. The predicted molar refractivity (Wildman–Crippen MR) is 77.4 cm³/mol. The molecule has 0 amide bonds. The molecule has 7 nitrogen and oxygen atoms in total. The summed E-state index contributed by atoms with van der Waals surface area (Å²) in [5, 5.41) is 3.34. The van der Waals surface area contributed by atoms with E-state index >= 15 is 0 Å². The van der Waals surface area contributed by atoms with E-state index < -0.39 is 0 Å². The van der Waals surface area contributed by atoms with Gasteiger partial charge in [-0.1, -0.05) is 0 Å². The first-order valence-corrected chi connectivity index (χ1v) is 7.16. The molecule has 2 unspecified atom stereocenters. The Hall–Kier alpha value is -1.44. The zero-order valence-corrected chi connectivity index (χ0v) is 11.8. The van der Waals surface area contributed by atoms with Crippen LogP contribution < -0.4 is 16.6 Å². The third kappa shape index (κ3) is 2.84. The highest BCUT2D eigenvalue weighted by molar-refractivity contribution is 5.46. The number of ether oxygens (including phenoxy) is 1. The molecule has 1 aromatic rings. The van der Waals surface area contributed by atoms with Crippen LogP contribution in [0.5, 0.6) is 0 Å². The second kappa shape index (κ2) is 5.90. The molecule has 0 spiro atoms. The standard InChI is InChI=1S/C13H22N6O/c1-9-5-16-13(18-14)17-12(9)15-6-11-7-19-4-2-3-10(19)8-20-11/h5,10-11H,2-4,6-8,14H2,1H3,(H2,15,16,17,18). The Kier molecular flexibility index (Phi) is 4.00. The zero-order chi connectivity index (χ0) is 13.9. The van der Waals surface area contributed by atoms with Gasteiger partial charge in [0.25, 0.3) is 0 Å². The average molecular weight is 278 g/mol. The van der Waals surface area contributed by atoms with E-state index in [1.807, 2.05) is 6.92 Å². The van der Waals surface area contributed by atoms with E-state index in [4.69, 9.17) is 10.6 Å². The van der Waals surface area contributed by atoms with Crippen molar-refractivity contribution in [2.75, 3.05) is 37.0 Å². The Bertz CT molecular complexity index is 468. The molecule has 3 rings (SSSR count). The molecule has 1 aromatic heterocycles. The van der Waals surface area contributed by atoms with Crippen molar-refractivity contribution in [2.45, 2.75) is 31.9 Å². The number of nitrogens with zero attached hydrogens (tertiary/aromatic N) is 3. The van der Waals surface area contributed by atoms with Gasteiger partial charge in [-0.3, -0.25) is 10.3 Å². The molecule has 2 saturated heterocycles. The second-order valence-corrected chi connectivity index (χ2v) is 5.50. The lowest BCUT2D eigenvalue weighted by Gasteiger charge is -2.35. The van der Waals surface area contributed by atoms with Crippen LogP contribution in [0, 0.1) is 6.92 Å². The molecular weight excluding hydrogens is 256 g/mol. The fraction of sp³-hybridized carbons (Fsp3) is 0.692. The molecule has 2 atom stereocenters. The third-order valence-electron chi connectivity index (χ3n) is 4.06. The number of hydrogen-bond acceptors (Lipinski definition) is 7. The molecule has 4 N–H and O–H groups in total. The summed E-state index contributed by atoms with van der Waals surface area (Å²) in [6, 6.07) is 0.639. The van der Waals surface area contributed by atoms with Crippen molar-refractivity contribution >= 4 is 11.8 Å². The fourth-order valence-corrected chi connectivity index (χ4v) is 2.91. The minimum Gasteiger partial charge on any atom is -0.373 e. The lowest BCUT2D eigenvalue weighted by molar-refractivity contribution is -0.0416. The van der Waals surface area contributed by atoms with E-state index in [1.165, 1.54) is 19.4 Å². The Morgan fingerprint density at radius 2 is 2.45 bits per heavy atom. The Balaban J connectivity index is 1.56. The molecule has 2 fully saturated rings. The summed E-state index contributed by atoms with van der Waals surface area (Å²) in [7, 11) is 0. The van der Waals surface area contributed by atoms with Crippen molar-refractivity contribution < 1.29 is 4.74 Å². The van der Waals surface area contributed by atoms with Crippen LogP contribution in [-0.2, 0) is 4.74 Å². The van der Waals surface area contributed by atoms with Crippen LogP contribution >= 0.6 is 0 Å². The van der Waals surface area contributed by atoms with Gasteiger partial charge in [-0.25, -0.2) is 10.8 Å². The molecule has 110 valence electrons. The first kappa shape index (κ1) is 13.5. The van der Waals surface area contributed by atoms with Gasteiger partial charge in [0.05, 0.1) is 12.7 Å². The predicted octanol–water partition coefficient (Wildman–Crippen LogP) is 0.346. The monoisotopic (exact) mass is 278 g/mol. The summed E-state index contributed by atoms with van der Waals surface area (Å²) in [4.78, 5) is 10.9. The quantitative estimate of drug-likeness (QED) is 0.541. The summed E-state index contributed by atoms with van der Waals surface area (Å²) in [6.07, 6.45) is 4.54. The summed E-state index contributed by atoms with van der Waals surface area (Å²) in [5.74, 6) is 6.56. The largest absolute Gasteiger partial charge is 0.373 e. The number of nitrogen functional groups attached to an aromatic ring is 1. The molecule has 2 aliphatic heterocycles. The summed E-state index contributed by atoms with van der Waals surface area (Å²) in [5.41, 5.74) is 3.46. The maximum Gasteiger partial charge on any atom is 0.239 e. The molecule has 0 bridgehead atoms. The molecule has 0 radical (unpaired) electrons. The highest BCUT2D eigenvalue weighted by Crippen LogP contribution is 2.23. The van der Waals surface area contributed by atoms with E-state index in [9.17, 15) is 0 Å². The average Bonchev–Trinajstić information content (AvgIpc) is 2.94. The fourth-order valence-electron chi connectivity index (χ4n) is 2.91. The van der Waals surface area contributed by atoms with Gasteiger partial charge in [0, 0.05) is 30.9 Å². The van der Waals surface area contributed by atoms with Gasteiger partial charge in [0.1, 0.15) is 5.82 Å². The number of anilines is 2. The number of aromatic nitrogens is 2. The van der Waals surface area contributed by atoms with Crippen LogP contribution in [0.1, 0.15) is 18.4 Å². The van der Waals surface area contributed by atoms with Gasteiger partial charge in [-0.2, -0.15) is 4.98 Å². The first-order chi connectivity index (χ1) is 9.76. The Labute approximate surface area is 118 Å². The number of aryl methyl sites for hydroxylation is 1. The van der Waals surface area contributed by atoms with E-state index in [2.05, 4.69) is 25.6 Å². The molecule has 0 saturated carbocycles. The zero-order valence-electron chi connectivity index (χ0n) is 11.8. The molecule has 3 heterocycles. The first-order valence-electron chi connectivity index (χ1n) is 7.16. The smallest absolute Gasteiger partial charge is 0.239 e. The van der Waals surface area contributed by atoms with Gasteiger partial charge >= 0.3 is 0 Å². The summed E-state index contributed by atoms with van der Waals surface area (Å²) in [6.45, 7) is 5.79. The highest BCUT2D eigenvalue weighted by atomic mass is 16.5. The third-order valence-corrected chi connectivity index (χ3v) is 4.06. The van der Waals surface area contributed by atoms with Crippen LogP contribution in [0.4, 0.5) is 11.8 Å². The van der Waals surface area contributed by atoms with Gasteiger partial charge in [-0.15, -0.1) is 0 Å². The van der Waals surface area contributed by atoms with Crippen molar-refractivity contribution in [3.63, 3.8) is 0 Å². The summed E-state index contributed by atoms with van der Waals surface area (Å²) >= 11 is 0. The van der Waals surface area contributed by atoms with Crippen LogP contribution in [0.15, 0.2) is 6.20 Å². The molecule has 7 heteroatoms. The normalized spacial score (nSPS) is 26.3.